The third-order valence-corrected chi connectivity index (χ3v) is 2.07. The van der Waals surface area contributed by atoms with Crippen LogP contribution in [0.25, 0.3) is 0 Å². The second-order valence-electron chi connectivity index (χ2n) is 3.38. The molecule has 0 aromatic heterocycles. The molecule has 0 spiro atoms. The minimum Gasteiger partial charge on any atom is -0.428 e. The van der Waals surface area contributed by atoms with Gasteiger partial charge in [0, 0.05) is 12.6 Å². The monoisotopic (exact) mass is 252 g/mol. The van der Waals surface area contributed by atoms with Crippen molar-refractivity contribution < 1.29 is 22.3 Å². The van der Waals surface area contributed by atoms with Gasteiger partial charge in [0.2, 0.25) is 0 Å². The lowest BCUT2D eigenvalue weighted by Gasteiger charge is -2.17. The van der Waals surface area contributed by atoms with Crippen LogP contribution in [-0.4, -0.2) is 19.1 Å². The number of nitrogens with two attached hydrogens (primary N) is 2. The van der Waals surface area contributed by atoms with E-state index in [1.807, 2.05) is 0 Å². The van der Waals surface area contributed by atoms with E-state index < -0.39 is 18.6 Å². The zero-order valence-electron chi connectivity index (χ0n) is 8.75. The quantitative estimate of drug-likeness (QED) is 0.786. The molecule has 0 amide bonds. The van der Waals surface area contributed by atoms with Gasteiger partial charge in [-0.15, -0.1) is 0 Å². The van der Waals surface area contributed by atoms with Crippen LogP contribution in [0.5, 0.6) is 5.75 Å². The minimum absolute atomic E-state index is 0.188. The molecule has 4 N–H and O–H groups in total. The second-order valence-corrected chi connectivity index (χ2v) is 3.38. The van der Waals surface area contributed by atoms with Crippen LogP contribution in [0.1, 0.15) is 11.6 Å². The fourth-order valence-corrected chi connectivity index (χ4v) is 1.12. The van der Waals surface area contributed by atoms with Crippen LogP contribution in [0.4, 0.5) is 17.6 Å². The van der Waals surface area contributed by atoms with Crippen molar-refractivity contribution in [2.24, 2.45) is 11.5 Å². The molecule has 96 valence electrons. The number of halogens is 4. The molecule has 3 nitrogen and oxygen atoms in total. The van der Waals surface area contributed by atoms with E-state index in [1.165, 1.54) is 12.1 Å². The summed E-state index contributed by atoms with van der Waals surface area (Å²) in [6.45, 7) is 0.188. The van der Waals surface area contributed by atoms with Crippen molar-refractivity contribution in [1.29, 1.82) is 0 Å². The van der Waals surface area contributed by atoms with E-state index >= 15 is 0 Å². The second kappa shape index (κ2) is 5.33. The summed E-state index contributed by atoms with van der Waals surface area (Å²) < 4.78 is 52.7. The molecule has 0 bridgehead atoms. The molecule has 1 aromatic rings. The summed E-state index contributed by atoms with van der Waals surface area (Å²) in [6, 6.07) is 4.64. The van der Waals surface area contributed by atoms with E-state index in [-0.39, 0.29) is 12.3 Å². The van der Waals surface area contributed by atoms with Crippen molar-refractivity contribution >= 4 is 0 Å². The molecule has 0 saturated heterocycles. The Balaban J connectivity index is 2.75. The van der Waals surface area contributed by atoms with Crippen molar-refractivity contribution in [3.8, 4) is 5.75 Å². The van der Waals surface area contributed by atoms with Crippen LogP contribution in [-0.2, 0) is 0 Å². The predicted octanol–water partition coefficient (Wildman–Crippen LogP) is 1.88. The maximum atomic E-state index is 12.5. The smallest absolute Gasteiger partial charge is 0.428 e. The van der Waals surface area contributed by atoms with Gasteiger partial charge in [0.05, 0.1) is 0 Å². The van der Waals surface area contributed by atoms with Crippen LogP contribution >= 0.6 is 0 Å². The lowest BCUT2D eigenvalue weighted by atomic mass is 10.1. The van der Waals surface area contributed by atoms with Gasteiger partial charge >= 0.3 is 12.5 Å². The fourth-order valence-electron chi connectivity index (χ4n) is 1.12. The Bertz CT molecular complexity index is 356. The van der Waals surface area contributed by atoms with Crippen LogP contribution in [0, 0.1) is 0 Å². The summed E-state index contributed by atoms with van der Waals surface area (Å²) in [4.78, 5) is 0. The summed E-state index contributed by atoms with van der Waals surface area (Å²) in [6.07, 6.45) is -8.38. The van der Waals surface area contributed by atoms with Gasteiger partial charge in [-0.3, -0.25) is 0 Å². The van der Waals surface area contributed by atoms with Gasteiger partial charge in [0.25, 0.3) is 0 Å². The van der Waals surface area contributed by atoms with E-state index in [0.717, 1.165) is 12.1 Å². The number of benzene rings is 1. The fraction of sp³-hybridized carbons (Fsp3) is 0.400. The first-order valence-electron chi connectivity index (χ1n) is 4.77. The van der Waals surface area contributed by atoms with Gasteiger partial charge in [-0.25, -0.2) is 0 Å². The third-order valence-electron chi connectivity index (χ3n) is 2.07. The average Bonchev–Trinajstić information content (AvgIpc) is 2.28. The highest BCUT2D eigenvalue weighted by Gasteiger charge is 2.43. The first-order chi connectivity index (χ1) is 7.86. The molecule has 0 aliphatic carbocycles. The van der Waals surface area contributed by atoms with Crippen molar-refractivity contribution in [2.75, 3.05) is 6.54 Å². The standard InChI is InChI=1S/C10H12F4N2O/c11-9(12)10(13,14)17-7-3-1-6(2-4-7)8(16)5-15/h1-4,8-9H,5,15-16H2/t8-/m1/s1. The zero-order chi connectivity index (χ0) is 13.1. The molecule has 0 fully saturated rings. The number of rotatable bonds is 5. The Hall–Kier alpha value is -1.34. The van der Waals surface area contributed by atoms with E-state index in [0.29, 0.717) is 5.56 Å². The molecule has 0 heterocycles. The van der Waals surface area contributed by atoms with Gasteiger partial charge in [-0.1, -0.05) is 12.1 Å². The Morgan fingerprint density at radius 2 is 1.71 bits per heavy atom. The molecule has 0 aliphatic heterocycles. The SMILES string of the molecule is NC[C@@H](N)c1ccc(OC(F)(F)C(F)F)cc1. The average molecular weight is 252 g/mol. The maximum absolute atomic E-state index is 12.5. The first kappa shape index (κ1) is 13.7. The van der Waals surface area contributed by atoms with Crippen molar-refractivity contribution in [2.45, 2.75) is 18.6 Å². The molecule has 1 rings (SSSR count). The molecule has 0 aliphatic rings. The lowest BCUT2D eigenvalue weighted by Crippen LogP contribution is -2.33. The Kier molecular flexibility index (Phi) is 4.30. The Morgan fingerprint density at radius 3 is 2.12 bits per heavy atom. The highest BCUT2D eigenvalue weighted by atomic mass is 19.3. The van der Waals surface area contributed by atoms with Crippen LogP contribution in [0.3, 0.4) is 0 Å². The molecule has 7 heteroatoms. The molecule has 0 unspecified atom stereocenters. The molecular weight excluding hydrogens is 240 g/mol. The minimum atomic E-state index is -4.50. The van der Waals surface area contributed by atoms with Gasteiger partial charge in [0.1, 0.15) is 5.75 Å². The van der Waals surface area contributed by atoms with Crippen LogP contribution < -0.4 is 16.2 Å². The van der Waals surface area contributed by atoms with Gasteiger partial charge in [-0.2, -0.15) is 17.6 Å². The number of ether oxygens (including phenoxy) is 1. The van der Waals surface area contributed by atoms with Gasteiger partial charge < -0.3 is 16.2 Å². The maximum Gasteiger partial charge on any atom is 0.461 e. The van der Waals surface area contributed by atoms with Gasteiger partial charge in [0.15, 0.2) is 0 Å². The molecule has 0 radical (unpaired) electrons. The van der Waals surface area contributed by atoms with Crippen molar-refractivity contribution in [1.82, 2.24) is 0 Å². The zero-order valence-corrected chi connectivity index (χ0v) is 8.75. The summed E-state index contributed by atoms with van der Waals surface area (Å²) in [5, 5.41) is 0. The van der Waals surface area contributed by atoms with E-state index in [1.54, 1.807) is 0 Å². The highest BCUT2D eigenvalue weighted by molar-refractivity contribution is 5.29. The molecule has 17 heavy (non-hydrogen) atoms. The molecule has 0 saturated carbocycles. The highest BCUT2D eigenvalue weighted by Crippen LogP contribution is 2.27. The third kappa shape index (κ3) is 3.57. The largest absolute Gasteiger partial charge is 0.461 e. The Labute approximate surface area is 95.3 Å². The van der Waals surface area contributed by atoms with Crippen molar-refractivity contribution in [3.05, 3.63) is 29.8 Å². The summed E-state index contributed by atoms with van der Waals surface area (Å²) >= 11 is 0. The number of alkyl halides is 4. The van der Waals surface area contributed by atoms with Crippen LogP contribution in [0.15, 0.2) is 24.3 Å². The molecular formula is C10H12F4N2O. The number of hydrogen-bond donors (Lipinski definition) is 2. The van der Waals surface area contributed by atoms with E-state index in [4.69, 9.17) is 11.5 Å². The topological polar surface area (TPSA) is 61.3 Å². The van der Waals surface area contributed by atoms with E-state index in [2.05, 4.69) is 4.74 Å². The van der Waals surface area contributed by atoms with Gasteiger partial charge in [-0.05, 0) is 17.7 Å². The molecule has 1 aromatic carbocycles. The van der Waals surface area contributed by atoms with E-state index in [9.17, 15) is 17.6 Å². The van der Waals surface area contributed by atoms with Crippen LogP contribution in [0.2, 0.25) is 0 Å². The predicted molar refractivity (Wildman–Crippen MR) is 54.0 cm³/mol. The first-order valence-corrected chi connectivity index (χ1v) is 4.77. The summed E-state index contributed by atoms with van der Waals surface area (Å²) in [7, 11) is 0. The molecule has 1 atom stereocenters. The summed E-state index contributed by atoms with van der Waals surface area (Å²) in [5.41, 5.74) is 11.5. The number of hydrogen-bond acceptors (Lipinski definition) is 3. The Morgan fingerprint density at radius 1 is 1.18 bits per heavy atom. The van der Waals surface area contributed by atoms with Crippen molar-refractivity contribution in [3.63, 3.8) is 0 Å². The lowest BCUT2D eigenvalue weighted by molar-refractivity contribution is -0.253. The normalized spacial score (nSPS) is 13.8. The summed E-state index contributed by atoms with van der Waals surface area (Å²) in [5.74, 6) is -0.358.